The molecule has 158 valence electrons. The first-order chi connectivity index (χ1) is 14.4. The number of carbonyl (C=O) groups is 1. The summed E-state index contributed by atoms with van der Waals surface area (Å²) in [5.41, 5.74) is 2.29. The molecule has 1 atom stereocenters. The number of amides is 1. The third-order valence-electron chi connectivity index (χ3n) is 4.72. The van der Waals surface area contributed by atoms with Gasteiger partial charge in [-0.1, -0.05) is 55.3 Å². The number of aryl methyl sites for hydroxylation is 1. The maximum atomic E-state index is 13.1. The van der Waals surface area contributed by atoms with E-state index < -0.39 is 15.9 Å². The molecule has 5 nitrogen and oxygen atoms in total. The molecule has 2 aromatic carbocycles. The molecular weight excluding hydrogens is 440 g/mol. The Bertz CT molecular complexity index is 1110. The first-order valence-electron chi connectivity index (χ1n) is 9.52. The number of hydrogen-bond donors (Lipinski definition) is 2. The first-order valence-corrected chi connectivity index (χ1v) is 12.3. The van der Waals surface area contributed by atoms with Crippen LogP contribution in [0.2, 0.25) is 5.02 Å². The minimum atomic E-state index is -3.69. The molecule has 2 N–H and O–H groups in total. The standard InChI is InChI=1S/C22H23ClN2O3S2/c1-3-5-15-7-9-16(10-8-15)21(20-6-4-13-29-20)25-22(26)18-14-17(11-12-19(18)23)30(27,28)24-2/h4,6-14,21,24H,3,5H2,1-2H3,(H,25,26). The van der Waals surface area contributed by atoms with E-state index in [0.29, 0.717) is 0 Å². The van der Waals surface area contributed by atoms with E-state index in [1.54, 1.807) is 0 Å². The molecule has 1 amide bonds. The molecule has 0 saturated carbocycles. The van der Waals surface area contributed by atoms with Crippen LogP contribution in [-0.4, -0.2) is 21.4 Å². The van der Waals surface area contributed by atoms with Crippen LogP contribution in [-0.2, 0) is 16.4 Å². The lowest BCUT2D eigenvalue weighted by Gasteiger charge is -2.19. The van der Waals surface area contributed by atoms with E-state index >= 15 is 0 Å². The second-order valence-corrected chi connectivity index (χ2v) is 10.0. The van der Waals surface area contributed by atoms with E-state index in [4.69, 9.17) is 11.6 Å². The summed E-state index contributed by atoms with van der Waals surface area (Å²) in [5.74, 6) is -0.441. The molecule has 0 aliphatic carbocycles. The predicted molar refractivity (Wildman–Crippen MR) is 122 cm³/mol. The van der Waals surface area contributed by atoms with Crippen LogP contribution in [0.15, 0.2) is 64.9 Å². The minimum Gasteiger partial charge on any atom is -0.340 e. The monoisotopic (exact) mass is 462 g/mol. The average molecular weight is 463 g/mol. The highest BCUT2D eigenvalue weighted by Gasteiger charge is 2.22. The number of halogens is 1. The second kappa shape index (κ2) is 9.75. The third-order valence-corrected chi connectivity index (χ3v) is 7.40. The Hall–Kier alpha value is -2.19. The molecule has 0 spiro atoms. The molecule has 8 heteroatoms. The number of carbonyl (C=O) groups excluding carboxylic acids is 1. The Morgan fingerprint density at radius 2 is 1.87 bits per heavy atom. The lowest BCUT2D eigenvalue weighted by atomic mass is 10.0. The van der Waals surface area contributed by atoms with Gasteiger partial charge in [0.15, 0.2) is 0 Å². The number of sulfonamides is 1. The molecule has 0 saturated heterocycles. The normalized spacial score (nSPS) is 12.5. The highest BCUT2D eigenvalue weighted by molar-refractivity contribution is 7.89. The minimum absolute atomic E-state index is 0.0175. The van der Waals surface area contributed by atoms with Gasteiger partial charge < -0.3 is 5.32 Å². The summed E-state index contributed by atoms with van der Waals surface area (Å²) in [5, 5.41) is 5.15. The maximum absolute atomic E-state index is 13.1. The summed E-state index contributed by atoms with van der Waals surface area (Å²) < 4.78 is 26.5. The average Bonchev–Trinajstić information content (AvgIpc) is 3.27. The van der Waals surface area contributed by atoms with Crippen LogP contribution >= 0.6 is 22.9 Å². The van der Waals surface area contributed by atoms with Crippen molar-refractivity contribution in [3.05, 3.63) is 86.6 Å². The van der Waals surface area contributed by atoms with Crippen molar-refractivity contribution in [2.75, 3.05) is 7.05 Å². The summed E-state index contributed by atoms with van der Waals surface area (Å²) >= 11 is 7.76. The highest BCUT2D eigenvalue weighted by atomic mass is 35.5. The Labute approximate surface area is 186 Å². The summed E-state index contributed by atoms with van der Waals surface area (Å²) in [4.78, 5) is 14.0. The van der Waals surface area contributed by atoms with Gasteiger partial charge in [-0.15, -0.1) is 11.3 Å². The molecule has 0 fully saturated rings. The summed E-state index contributed by atoms with van der Waals surface area (Å²) in [6.07, 6.45) is 2.06. The molecule has 0 aliphatic heterocycles. The smallest absolute Gasteiger partial charge is 0.253 e. The maximum Gasteiger partial charge on any atom is 0.253 e. The van der Waals surface area contributed by atoms with Crippen molar-refractivity contribution < 1.29 is 13.2 Å². The van der Waals surface area contributed by atoms with Crippen molar-refractivity contribution in [1.82, 2.24) is 10.0 Å². The molecular formula is C22H23ClN2O3S2. The van der Waals surface area contributed by atoms with Gasteiger partial charge in [-0.05, 0) is 54.2 Å². The second-order valence-electron chi connectivity index (χ2n) is 6.76. The van der Waals surface area contributed by atoms with Gasteiger partial charge in [-0.25, -0.2) is 13.1 Å². The fourth-order valence-electron chi connectivity index (χ4n) is 3.11. The third kappa shape index (κ3) is 5.10. The molecule has 3 rings (SSSR count). The van der Waals surface area contributed by atoms with E-state index in [1.165, 1.54) is 42.1 Å². The van der Waals surface area contributed by atoms with Gasteiger partial charge in [-0.2, -0.15) is 0 Å². The van der Waals surface area contributed by atoms with E-state index in [9.17, 15) is 13.2 Å². The fourth-order valence-corrected chi connectivity index (χ4v) is 4.87. The first kappa shape index (κ1) is 22.5. The Morgan fingerprint density at radius 1 is 1.13 bits per heavy atom. The summed E-state index contributed by atoms with van der Waals surface area (Å²) in [6, 6.07) is 15.8. The van der Waals surface area contributed by atoms with Gasteiger partial charge >= 0.3 is 0 Å². The molecule has 0 radical (unpaired) electrons. The van der Waals surface area contributed by atoms with Crippen LogP contribution < -0.4 is 10.0 Å². The molecule has 1 aromatic heterocycles. The summed E-state index contributed by atoms with van der Waals surface area (Å²) in [6.45, 7) is 2.13. The van der Waals surface area contributed by atoms with Gasteiger partial charge in [0.1, 0.15) is 0 Å². The van der Waals surface area contributed by atoms with Crippen molar-refractivity contribution in [3.63, 3.8) is 0 Å². The van der Waals surface area contributed by atoms with E-state index in [0.717, 1.165) is 23.3 Å². The number of thiophene rings is 1. The largest absolute Gasteiger partial charge is 0.340 e. The fraction of sp³-hybridized carbons (Fsp3) is 0.227. The molecule has 0 bridgehead atoms. The number of hydrogen-bond acceptors (Lipinski definition) is 4. The molecule has 1 heterocycles. The van der Waals surface area contributed by atoms with E-state index in [-0.39, 0.29) is 21.5 Å². The molecule has 0 aliphatic rings. The van der Waals surface area contributed by atoms with Crippen molar-refractivity contribution in [3.8, 4) is 0 Å². The van der Waals surface area contributed by atoms with Crippen molar-refractivity contribution in [2.24, 2.45) is 0 Å². The number of nitrogens with one attached hydrogen (secondary N) is 2. The topological polar surface area (TPSA) is 75.3 Å². The number of rotatable bonds is 8. The van der Waals surface area contributed by atoms with Crippen LogP contribution in [0.25, 0.3) is 0 Å². The van der Waals surface area contributed by atoms with Crippen molar-refractivity contribution in [2.45, 2.75) is 30.7 Å². The van der Waals surface area contributed by atoms with Gasteiger partial charge in [0.25, 0.3) is 5.91 Å². The SMILES string of the molecule is CCCc1ccc(C(NC(=O)c2cc(S(=O)(=O)NC)ccc2Cl)c2cccs2)cc1. The van der Waals surface area contributed by atoms with Crippen LogP contribution in [0.4, 0.5) is 0 Å². The molecule has 30 heavy (non-hydrogen) atoms. The highest BCUT2D eigenvalue weighted by Crippen LogP contribution is 2.28. The lowest BCUT2D eigenvalue weighted by molar-refractivity contribution is 0.0943. The van der Waals surface area contributed by atoms with Crippen LogP contribution in [0, 0.1) is 0 Å². The Balaban J connectivity index is 1.94. The predicted octanol–water partition coefficient (Wildman–Crippen LogP) is 4.78. The quantitative estimate of drug-likeness (QED) is 0.505. The lowest BCUT2D eigenvalue weighted by Crippen LogP contribution is -2.29. The van der Waals surface area contributed by atoms with Crippen LogP contribution in [0.3, 0.4) is 0 Å². The van der Waals surface area contributed by atoms with Crippen LogP contribution in [0.1, 0.15) is 45.7 Å². The Morgan fingerprint density at radius 3 is 2.47 bits per heavy atom. The summed E-state index contributed by atoms with van der Waals surface area (Å²) in [7, 11) is -2.37. The van der Waals surface area contributed by atoms with Gasteiger partial charge in [0.05, 0.1) is 21.5 Å². The van der Waals surface area contributed by atoms with Crippen LogP contribution in [0.5, 0.6) is 0 Å². The Kier molecular flexibility index (Phi) is 7.31. The van der Waals surface area contributed by atoms with Crippen molar-refractivity contribution >= 4 is 38.9 Å². The van der Waals surface area contributed by atoms with Crippen molar-refractivity contribution in [1.29, 1.82) is 0 Å². The zero-order valence-electron chi connectivity index (χ0n) is 16.7. The zero-order valence-corrected chi connectivity index (χ0v) is 19.1. The van der Waals surface area contributed by atoms with E-state index in [1.807, 2.05) is 29.6 Å². The van der Waals surface area contributed by atoms with E-state index in [2.05, 4.69) is 29.1 Å². The van der Waals surface area contributed by atoms with Gasteiger partial charge in [-0.3, -0.25) is 4.79 Å². The molecule has 1 unspecified atom stereocenters. The van der Waals surface area contributed by atoms with Gasteiger partial charge in [0.2, 0.25) is 10.0 Å². The molecule has 3 aromatic rings. The number of benzene rings is 2. The van der Waals surface area contributed by atoms with Gasteiger partial charge in [0, 0.05) is 4.88 Å². The zero-order chi connectivity index (χ0) is 21.7.